The number of hydrogen-bond acceptors (Lipinski definition) is 1. The van der Waals surface area contributed by atoms with Crippen molar-refractivity contribution in [3.8, 4) is 0 Å². The molecular formula is C19H14BrClN2. The third kappa shape index (κ3) is 3.31. The van der Waals surface area contributed by atoms with E-state index in [1.54, 1.807) is 0 Å². The van der Waals surface area contributed by atoms with Gasteiger partial charge in [0.05, 0.1) is 0 Å². The zero-order valence-electron chi connectivity index (χ0n) is 12.2. The van der Waals surface area contributed by atoms with Crippen LogP contribution in [-0.4, -0.2) is 0 Å². The van der Waals surface area contributed by atoms with Gasteiger partial charge in [-0.1, -0.05) is 11.6 Å². The third-order valence-corrected chi connectivity index (χ3v) is 3.98. The second-order valence-electron chi connectivity index (χ2n) is 5.28. The van der Waals surface area contributed by atoms with Gasteiger partial charge in [-0.25, -0.2) is 0 Å². The summed E-state index contributed by atoms with van der Waals surface area (Å²) in [6, 6.07) is 22.5. The van der Waals surface area contributed by atoms with Gasteiger partial charge >= 0.3 is 0 Å². The van der Waals surface area contributed by atoms with Gasteiger partial charge in [0.15, 0.2) is 12.4 Å². The number of nitrogens with one attached hydrogen (secondary N) is 1. The second-order valence-corrected chi connectivity index (χ2v) is 5.72. The molecule has 2 nitrogen and oxygen atoms in total. The largest absolute Gasteiger partial charge is 1.00 e. The topological polar surface area (TPSA) is 16.1 Å². The van der Waals surface area contributed by atoms with Gasteiger partial charge in [0.1, 0.15) is 0 Å². The van der Waals surface area contributed by atoms with Crippen LogP contribution in [0.5, 0.6) is 0 Å². The molecule has 0 amide bonds. The van der Waals surface area contributed by atoms with Crippen molar-refractivity contribution in [2.75, 3.05) is 5.32 Å². The Kier molecular flexibility index (Phi) is 4.51. The lowest BCUT2D eigenvalue weighted by Crippen LogP contribution is -3.00. The number of hydrogen-bond donors (Lipinski definition) is 1. The number of halogens is 2. The van der Waals surface area contributed by atoms with Crippen LogP contribution in [0.4, 0.5) is 11.4 Å². The van der Waals surface area contributed by atoms with E-state index in [2.05, 4.69) is 58.5 Å². The summed E-state index contributed by atoms with van der Waals surface area (Å²) in [5, 5.41) is 6.58. The first-order valence-electron chi connectivity index (χ1n) is 7.14. The quantitative estimate of drug-likeness (QED) is 0.412. The Bertz CT molecular complexity index is 968. The van der Waals surface area contributed by atoms with Crippen LogP contribution in [0, 0.1) is 0 Å². The van der Waals surface area contributed by atoms with E-state index in [0.717, 1.165) is 16.4 Å². The third-order valence-electron chi connectivity index (χ3n) is 3.72. The van der Waals surface area contributed by atoms with E-state index >= 15 is 0 Å². The van der Waals surface area contributed by atoms with Crippen LogP contribution in [0.2, 0.25) is 5.02 Å². The Balaban J connectivity index is 0.00000156. The minimum atomic E-state index is 0. The van der Waals surface area contributed by atoms with Gasteiger partial charge in [-0.15, -0.1) is 0 Å². The van der Waals surface area contributed by atoms with Crippen molar-refractivity contribution >= 4 is 39.3 Å². The van der Waals surface area contributed by atoms with E-state index < -0.39 is 0 Å². The Morgan fingerprint density at radius 1 is 0.783 bits per heavy atom. The van der Waals surface area contributed by atoms with E-state index in [1.165, 1.54) is 16.3 Å². The van der Waals surface area contributed by atoms with Crippen LogP contribution in [0.1, 0.15) is 0 Å². The summed E-state index contributed by atoms with van der Waals surface area (Å²) >= 11 is 5.92. The summed E-state index contributed by atoms with van der Waals surface area (Å²) in [4.78, 5) is 0. The average molecular weight is 386 g/mol. The number of nitrogens with zero attached hydrogens (tertiary/aromatic N) is 1. The predicted octanol–water partition coefficient (Wildman–Crippen LogP) is 1.98. The number of pyridine rings is 2. The van der Waals surface area contributed by atoms with Crippen LogP contribution < -0.4 is 26.7 Å². The summed E-state index contributed by atoms with van der Waals surface area (Å²) < 4.78 is 2.13. The van der Waals surface area contributed by atoms with Gasteiger partial charge in [0.25, 0.3) is 0 Å². The zero-order chi connectivity index (χ0) is 14.9. The minimum Gasteiger partial charge on any atom is -1.00 e. The zero-order valence-corrected chi connectivity index (χ0v) is 14.6. The lowest BCUT2D eigenvalue weighted by molar-refractivity contribution is -0.510. The summed E-state index contributed by atoms with van der Waals surface area (Å²) in [7, 11) is 0. The van der Waals surface area contributed by atoms with Crippen molar-refractivity contribution in [2.45, 2.75) is 0 Å². The molecule has 4 aromatic rings. The van der Waals surface area contributed by atoms with Crippen molar-refractivity contribution in [3.63, 3.8) is 0 Å². The maximum atomic E-state index is 5.92. The maximum absolute atomic E-state index is 5.92. The van der Waals surface area contributed by atoms with Crippen LogP contribution in [0.25, 0.3) is 16.3 Å². The molecule has 2 aromatic heterocycles. The predicted molar refractivity (Wildman–Crippen MR) is 91.8 cm³/mol. The highest BCUT2D eigenvalue weighted by Crippen LogP contribution is 2.23. The van der Waals surface area contributed by atoms with Crippen LogP contribution in [0.15, 0.2) is 79.1 Å². The van der Waals surface area contributed by atoms with Crippen LogP contribution >= 0.6 is 11.6 Å². The number of benzene rings is 2. The number of fused-ring (bicyclic) bond motifs is 2. The maximum Gasteiger partial charge on any atom is 0.211 e. The Morgan fingerprint density at radius 2 is 1.57 bits per heavy atom. The van der Waals surface area contributed by atoms with Crippen molar-refractivity contribution in [1.29, 1.82) is 0 Å². The Hall–Kier alpha value is -2.10. The highest BCUT2D eigenvalue weighted by Gasteiger charge is 2.05. The summed E-state index contributed by atoms with van der Waals surface area (Å²) in [6.07, 6.45) is 4.21. The molecule has 0 aliphatic carbocycles. The molecule has 2 aromatic carbocycles. The number of anilines is 2. The fraction of sp³-hybridized carbons (Fsp3) is 0. The van der Waals surface area contributed by atoms with Crippen LogP contribution in [-0.2, 0) is 0 Å². The highest BCUT2D eigenvalue weighted by atomic mass is 79.9. The van der Waals surface area contributed by atoms with Gasteiger partial charge in [-0.2, -0.15) is 4.40 Å². The SMILES string of the molecule is Clc1ccc(Nc2ccc3c[n+]4ccccc4cc3c2)cc1.[Br-]. The molecule has 0 unspecified atom stereocenters. The normalized spacial score (nSPS) is 10.5. The van der Waals surface area contributed by atoms with Gasteiger partial charge in [0.2, 0.25) is 5.52 Å². The van der Waals surface area contributed by atoms with Crippen molar-refractivity contribution in [2.24, 2.45) is 0 Å². The molecule has 0 aliphatic rings. The second kappa shape index (κ2) is 6.57. The molecule has 23 heavy (non-hydrogen) atoms. The first-order valence-corrected chi connectivity index (χ1v) is 7.52. The lowest BCUT2D eigenvalue weighted by Gasteiger charge is -2.07. The van der Waals surface area contributed by atoms with Crippen molar-refractivity contribution < 1.29 is 21.4 Å². The molecule has 1 N–H and O–H groups in total. The molecule has 0 bridgehead atoms. The molecule has 0 saturated carbocycles. The molecule has 4 rings (SSSR count). The van der Waals surface area contributed by atoms with Gasteiger partial charge in [0, 0.05) is 40.0 Å². The van der Waals surface area contributed by atoms with Crippen LogP contribution in [0.3, 0.4) is 0 Å². The molecule has 0 spiro atoms. The Labute approximate surface area is 150 Å². The number of rotatable bonds is 2. The first kappa shape index (κ1) is 15.8. The molecule has 2 heterocycles. The summed E-state index contributed by atoms with van der Waals surface area (Å²) in [5.41, 5.74) is 3.27. The lowest BCUT2D eigenvalue weighted by atomic mass is 10.1. The molecule has 0 atom stereocenters. The van der Waals surface area contributed by atoms with Gasteiger partial charge in [-0.3, -0.25) is 0 Å². The van der Waals surface area contributed by atoms with Crippen molar-refractivity contribution in [1.82, 2.24) is 0 Å². The molecule has 0 aliphatic heterocycles. The molecule has 0 saturated heterocycles. The molecule has 0 fully saturated rings. The van der Waals surface area contributed by atoms with E-state index in [9.17, 15) is 0 Å². The monoisotopic (exact) mass is 384 g/mol. The van der Waals surface area contributed by atoms with Gasteiger partial charge in [-0.05, 0) is 53.9 Å². The van der Waals surface area contributed by atoms with E-state index in [-0.39, 0.29) is 17.0 Å². The summed E-state index contributed by atoms with van der Waals surface area (Å²) in [5.74, 6) is 0. The smallest absolute Gasteiger partial charge is 0.211 e. The molecule has 4 heteroatoms. The summed E-state index contributed by atoms with van der Waals surface area (Å²) in [6.45, 7) is 0. The highest BCUT2D eigenvalue weighted by molar-refractivity contribution is 6.30. The standard InChI is InChI=1S/C19H13ClN2.BrH/c20-16-5-8-17(9-6-16)21-18-7-4-14-13-22-10-2-1-3-19(22)12-15(14)11-18;/h1-13H;1H. The van der Waals surface area contributed by atoms with Gasteiger partial charge < -0.3 is 22.3 Å². The molecule has 114 valence electrons. The van der Waals surface area contributed by atoms with Crippen molar-refractivity contribution in [3.05, 3.63) is 84.1 Å². The first-order chi connectivity index (χ1) is 10.8. The minimum absolute atomic E-state index is 0. The fourth-order valence-corrected chi connectivity index (χ4v) is 2.74. The molecule has 0 radical (unpaired) electrons. The van der Waals surface area contributed by atoms with E-state index in [1.807, 2.05) is 30.3 Å². The van der Waals surface area contributed by atoms with E-state index in [4.69, 9.17) is 11.6 Å². The average Bonchev–Trinajstić information content (AvgIpc) is 2.55. The molecular weight excluding hydrogens is 372 g/mol. The fourth-order valence-electron chi connectivity index (χ4n) is 2.61. The van der Waals surface area contributed by atoms with E-state index in [0.29, 0.717) is 0 Å². The number of aromatic nitrogens is 1. The Morgan fingerprint density at radius 3 is 2.39 bits per heavy atom.